The zero-order chi connectivity index (χ0) is 20.3. The van der Waals surface area contributed by atoms with E-state index in [4.69, 9.17) is 26.2 Å². The molecule has 6 nitrogen and oxygen atoms in total. The number of benzene rings is 2. The van der Waals surface area contributed by atoms with Crippen molar-refractivity contribution in [2.75, 3.05) is 11.9 Å². The number of carbonyl (C=O) groups excluding carboxylic acids is 1. The molecule has 1 fully saturated rings. The van der Waals surface area contributed by atoms with Crippen LogP contribution < -0.4 is 14.8 Å². The van der Waals surface area contributed by atoms with Crippen LogP contribution in [0.15, 0.2) is 30.3 Å². The molecule has 0 heterocycles. The molecule has 2 aromatic rings. The Kier molecular flexibility index (Phi) is 6.09. The van der Waals surface area contributed by atoms with E-state index < -0.39 is 5.97 Å². The Morgan fingerprint density at radius 1 is 1.25 bits per heavy atom. The molecule has 28 heavy (non-hydrogen) atoms. The Balaban J connectivity index is 1.84. The van der Waals surface area contributed by atoms with Gasteiger partial charge in [-0.3, -0.25) is 4.79 Å². The number of carboxylic acids is 1. The molecule has 0 bridgehead atoms. The molecule has 0 saturated heterocycles. The lowest BCUT2D eigenvalue weighted by Gasteiger charge is -2.27. The van der Waals surface area contributed by atoms with Gasteiger partial charge in [0.25, 0.3) is 5.91 Å². The maximum absolute atomic E-state index is 12.7. The number of halogens is 1. The standard InChI is InChI=1S/C21H22ClNO5/c1-3-27-19-17(22)10-13(11-18(19)28-15-5-4-6-15)20(24)23-14-7-8-16(21(25)26)12(2)9-14/h7-11,15H,3-6H2,1-2H3,(H,23,24)(H,25,26). The van der Waals surface area contributed by atoms with Gasteiger partial charge in [0.1, 0.15) is 0 Å². The highest BCUT2D eigenvalue weighted by Gasteiger charge is 2.23. The van der Waals surface area contributed by atoms with Crippen LogP contribution in [0.25, 0.3) is 0 Å². The fourth-order valence-corrected chi connectivity index (χ4v) is 3.19. The van der Waals surface area contributed by atoms with Gasteiger partial charge in [-0.25, -0.2) is 4.79 Å². The topological polar surface area (TPSA) is 84.9 Å². The third-order valence-electron chi connectivity index (χ3n) is 4.62. The molecular weight excluding hydrogens is 382 g/mol. The molecule has 1 aliphatic rings. The predicted molar refractivity (Wildman–Crippen MR) is 107 cm³/mol. The third-order valence-corrected chi connectivity index (χ3v) is 4.90. The first-order valence-electron chi connectivity index (χ1n) is 9.17. The highest BCUT2D eigenvalue weighted by Crippen LogP contribution is 2.39. The first-order valence-corrected chi connectivity index (χ1v) is 9.55. The fraction of sp³-hybridized carbons (Fsp3) is 0.333. The van der Waals surface area contributed by atoms with Crippen molar-refractivity contribution in [3.05, 3.63) is 52.0 Å². The molecule has 1 saturated carbocycles. The van der Waals surface area contributed by atoms with E-state index in [2.05, 4.69) is 5.32 Å². The Morgan fingerprint density at radius 3 is 2.57 bits per heavy atom. The largest absolute Gasteiger partial charge is 0.488 e. The summed E-state index contributed by atoms with van der Waals surface area (Å²) in [5.74, 6) is -0.479. The predicted octanol–water partition coefficient (Wildman–Crippen LogP) is 4.93. The summed E-state index contributed by atoms with van der Waals surface area (Å²) in [4.78, 5) is 23.8. The number of nitrogens with one attached hydrogen (secondary N) is 1. The Hall–Kier alpha value is -2.73. The molecular formula is C21H22ClNO5. The van der Waals surface area contributed by atoms with E-state index in [1.54, 1.807) is 25.1 Å². The van der Waals surface area contributed by atoms with Gasteiger partial charge in [-0.05, 0) is 69.0 Å². The van der Waals surface area contributed by atoms with E-state index in [1.165, 1.54) is 12.1 Å². The third kappa shape index (κ3) is 4.39. The van der Waals surface area contributed by atoms with Gasteiger partial charge >= 0.3 is 5.97 Å². The summed E-state index contributed by atoms with van der Waals surface area (Å²) in [5.41, 5.74) is 1.59. The van der Waals surface area contributed by atoms with Crippen LogP contribution in [-0.2, 0) is 0 Å². The molecule has 2 N–H and O–H groups in total. The number of aromatic carboxylic acids is 1. The van der Waals surface area contributed by atoms with Crippen molar-refractivity contribution < 1.29 is 24.2 Å². The first kappa shape index (κ1) is 20.0. The van der Waals surface area contributed by atoms with E-state index in [9.17, 15) is 9.59 Å². The van der Waals surface area contributed by atoms with Crippen LogP contribution in [0.5, 0.6) is 11.5 Å². The van der Waals surface area contributed by atoms with Gasteiger partial charge in [0, 0.05) is 11.3 Å². The van der Waals surface area contributed by atoms with Crippen molar-refractivity contribution in [3.63, 3.8) is 0 Å². The molecule has 1 amide bonds. The lowest BCUT2D eigenvalue weighted by molar-refractivity contribution is 0.0696. The summed E-state index contributed by atoms with van der Waals surface area (Å²) in [6.45, 7) is 3.96. The first-order chi connectivity index (χ1) is 13.4. The Morgan fingerprint density at radius 2 is 2.00 bits per heavy atom. The quantitative estimate of drug-likeness (QED) is 0.684. The lowest BCUT2D eigenvalue weighted by Crippen LogP contribution is -2.25. The number of hydrogen-bond donors (Lipinski definition) is 2. The molecule has 7 heteroatoms. The van der Waals surface area contributed by atoms with E-state index >= 15 is 0 Å². The molecule has 0 unspecified atom stereocenters. The molecule has 1 aliphatic carbocycles. The van der Waals surface area contributed by atoms with Crippen molar-refractivity contribution in [2.24, 2.45) is 0 Å². The van der Waals surface area contributed by atoms with Crippen LogP contribution >= 0.6 is 11.6 Å². The number of carbonyl (C=O) groups is 2. The summed E-state index contributed by atoms with van der Waals surface area (Å²) in [6.07, 6.45) is 3.16. The zero-order valence-corrected chi connectivity index (χ0v) is 16.5. The van der Waals surface area contributed by atoms with Crippen molar-refractivity contribution in [1.29, 1.82) is 0 Å². The molecule has 3 rings (SSSR count). The number of aryl methyl sites for hydroxylation is 1. The number of ether oxygens (including phenoxy) is 2. The molecule has 148 valence electrons. The SMILES string of the molecule is CCOc1c(Cl)cc(C(=O)Nc2ccc(C(=O)O)c(C)c2)cc1OC1CCC1. The molecule has 0 spiro atoms. The summed E-state index contributed by atoms with van der Waals surface area (Å²) in [6, 6.07) is 7.79. The minimum absolute atomic E-state index is 0.111. The number of anilines is 1. The minimum Gasteiger partial charge on any atom is -0.488 e. The van der Waals surface area contributed by atoms with Crippen LogP contribution in [-0.4, -0.2) is 29.7 Å². The number of rotatable bonds is 7. The van der Waals surface area contributed by atoms with Crippen molar-refractivity contribution in [1.82, 2.24) is 0 Å². The van der Waals surface area contributed by atoms with Gasteiger partial charge in [0.2, 0.25) is 0 Å². The van der Waals surface area contributed by atoms with Crippen LogP contribution in [0.3, 0.4) is 0 Å². The van der Waals surface area contributed by atoms with Crippen molar-refractivity contribution >= 4 is 29.2 Å². The molecule has 2 aromatic carbocycles. The number of amides is 1. The van der Waals surface area contributed by atoms with Gasteiger partial charge in [0.15, 0.2) is 11.5 Å². The minimum atomic E-state index is -1.01. The smallest absolute Gasteiger partial charge is 0.335 e. The molecule has 0 radical (unpaired) electrons. The van der Waals surface area contributed by atoms with E-state index in [1.807, 2.05) is 6.92 Å². The Bertz CT molecular complexity index is 908. The van der Waals surface area contributed by atoms with Crippen molar-refractivity contribution in [2.45, 2.75) is 39.2 Å². The van der Waals surface area contributed by atoms with E-state index in [-0.39, 0.29) is 17.6 Å². The summed E-state index contributed by atoms with van der Waals surface area (Å²) in [5, 5.41) is 12.2. The van der Waals surface area contributed by atoms with Crippen LogP contribution in [0.4, 0.5) is 5.69 Å². The van der Waals surface area contributed by atoms with Crippen molar-refractivity contribution in [3.8, 4) is 11.5 Å². The maximum Gasteiger partial charge on any atom is 0.335 e. The summed E-state index contributed by atoms with van der Waals surface area (Å²) in [7, 11) is 0. The normalized spacial score (nSPS) is 13.5. The van der Waals surface area contributed by atoms with Crippen LogP contribution in [0, 0.1) is 6.92 Å². The maximum atomic E-state index is 12.7. The van der Waals surface area contributed by atoms with E-state index in [0.717, 1.165) is 19.3 Å². The van der Waals surface area contributed by atoms with Crippen LogP contribution in [0.1, 0.15) is 52.5 Å². The second-order valence-corrected chi connectivity index (χ2v) is 7.09. The average molecular weight is 404 g/mol. The van der Waals surface area contributed by atoms with Gasteiger partial charge < -0.3 is 19.9 Å². The number of hydrogen-bond acceptors (Lipinski definition) is 4. The number of carboxylic acid groups (broad SMARTS) is 1. The highest BCUT2D eigenvalue weighted by atomic mass is 35.5. The van der Waals surface area contributed by atoms with Gasteiger partial charge in [-0.1, -0.05) is 11.6 Å². The summed E-state index contributed by atoms with van der Waals surface area (Å²) < 4.78 is 11.6. The van der Waals surface area contributed by atoms with Gasteiger partial charge in [0.05, 0.1) is 23.3 Å². The zero-order valence-electron chi connectivity index (χ0n) is 15.8. The molecule has 0 aromatic heterocycles. The van der Waals surface area contributed by atoms with Crippen LogP contribution in [0.2, 0.25) is 5.02 Å². The second-order valence-electron chi connectivity index (χ2n) is 6.68. The highest BCUT2D eigenvalue weighted by molar-refractivity contribution is 6.32. The lowest BCUT2D eigenvalue weighted by atomic mass is 9.96. The Labute approximate surface area is 168 Å². The average Bonchev–Trinajstić information content (AvgIpc) is 2.60. The summed E-state index contributed by atoms with van der Waals surface area (Å²) >= 11 is 6.34. The van der Waals surface area contributed by atoms with Gasteiger partial charge in [-0.2, -0.15) is 0 Å². The fourth-order valence-electron chi connectivity index (χ4n) is 2.92. The van der Waals surface area contributed by atoms with Gasteiger partial charge in [-0.15, -0.1) is 0 Å². The molecule has 0 atom stereocenters. The van der Waals surface area contributed by atoms with E-state index in [0.29, 0.717) is 39.9 Å². The second kappa shape index (κ2) is 8.52. The monoisotopic (exact) mass is 403 g/mol. The molecule has 0 aliphatic heterocycles.